The predicted octanol–water partition coefficient (Wildman–Crippen LogP) is 19.2. The third-order valence-electron chi connectivity index (χ3n) is 12.1. The Labute approximate surface area is 420 Å². The van der Waals surface area contributed by atoms with E-state index in [1.54, 1.807) is 0 Å². The molecule has 0 fully saturated rings. The Hall–Kier alpha value is -3.41. The summed E-state index contributed by atoms with van der Waals surface area (Å²) in [5.41, 5.74) is 0. The zero-order chi connectivity index (χ0) is 49.3. The predicted molar refractivity (Wildman–Crippen MR) is 293 cm³/mol. The van der Waals surface area contributed by atoms with E-state index in [1.807, 2.05) is 0 Å². The number of allylic oxidation sites excluding steroid dienone is 14. The number of esters is 3. The first-order chi connectivity index (χ1) is 33.5. The van der Waals surface area contributed by atoms with Crippen molar-refractivity contribution < 1.29 is 28.6 Å². The third kappa shape index (κ3) is 53.5. The lowest BCUT2D eigenvalue weighted by atomic mass is 10.0. The molecule has 0 aromatic carbocycles. The van der Waals surface area contributed by atoms with Gasteiger partial charge in [-0.3, -0.25) is 14.4 Å². The van der Waals surface area contributed by atoms with Crippen molar-refractivity contribution in [1.82, 2.24) is 0 Å². The van der Waals surface area contributed by atoms with Crippen LogP contribution in [0.25, 0.3) is 0 Å². The number of ether oxygens (including phenoxy) is 3. The van der Waals surface area contributed by atoms with E-state index in [-0.39, 0.29) is 31.1 Å². The summed E-state index contributed by atoms with van der Waals surface area (Å²) in [6, 6.07) is 0. The van der Waals surface area contributed by atoms with Crippen LogP contribution in [0.2, 0.25) is 0 Å². The second-order valence-electron chi connectivity index (χ2n) is 18.8. The normalized spacial score (nSPS) is 12.7. The van der Waals surface area contributed by atoms with Crippen LogP contribution in [-0.4, -0.2) is 37.2 Å². The van der Waals surface area contributed by atoms with Crippen molar-refractivity contribution in [2.45, 2.75) is 277 Å². The largest absolute Gasteiger partial charge is 0.462 e. The maximum atomic E-state index is 12.8. The summed E-state index contributed by atoms with van der Waals surface area (Å²) in [6.45, 7) is 6.49. The zero-order valence-corrected chi connectivity index (χ0v) is 44.6. The van der Waals surface area contributed by atoms with E-state index in [0.29, 0.717) is 19.3 Å². The fourth-order valence-electron chi connectivity index (χ4n) is 7.85. The minimum atomic E-state index is -0.797. The molecule has 0 rings (SSSR count). The van der Waals surface area contributed by atoms with E-state index >= 15 is 0 Å². The summed E-state index contributed by atoms with van der Waals surface area (Å²) in [4.78, 5) is 38.1. The zero-order valence-electron chi connectivity index (χ0n) is 44.6. The summed E-state index contributed by atoms with van der Waals surface area (Å²) in [5, 5.41) is 0. The Morgan fingerprint density at radius 1 is 0.309 bits per heavy atom. The van der Waals surface area contributed by atoms with E-state index < -0.39 is 6.10 Å². The molecule has 6 heteroatoms. The van der Waals surface area contributed by atoms with Gasteiger partial charge in [0.05, 0.1) is 0 Å². The molecule has 0 saturated carbocycles. The van der Waals surface area contributed by atoms with Crippen molar-refractivity contribution in [1.29, 1.82) is 0 Å². The summed E-state index contributed by atoms with van der Waals surface area (Å²) in [6.07, 6.45) is 72.8. The van der Waals surface area contributed by atoms with Crippen molar-refractivity contribution >= 4 is 17.9 Å². The Morgan fingerprint density at radius 2 is 0.574 bits per heavy atom. The summed E-state index contributed by atoms with van der Waals surface area (Å²) in [5.74, 6) is -0.939. The lowest BCUT2D eigenvalue weighted by molar-refractivity contribution is -0.167. The second kappa shape index (κ2) is 56.2. The molecule has 0 heterocycles. The van der Waals surface area contributed by atoms with Crippen LogP contribution in [0.1, 0.15) is 271 Å². The Kier molecular flexibility index (Phi) is 53.4. The molecule has 0 bridgehead atoms. The summed E-state index contributed by atoms with van der Waals surface area (Å²) < 4.78 is 16.8. The number of carbonyl (C=O) groups is 3. The van der Waals surface area contributed by atoms with Crippen molar-refractivity contribution in [2.24, 2.45) is 0 Å². The molecule has 1 unspecified atom stereocenters. The van der Waals surface area contributed by atoms with E-state index in [9.17, 15) is 14.4 Å². The number of rotatable bonds is 51. The van der Waals surface area contributed by atoms with Crippen LogP contribution in [-0.2, 0) is 28.6 Å². The number of unbranched alkanes of at least 4 members (excludes halogenated alkanes) is 26. The van der Waals surface area contributed by atoms with Gasteiger partial charge >= 0.3 is 17.9 Å². The second-order valence-corrected chi connectivity index (χ2v) is 18.8. The van der Waals surface area contributed by atoms with Gasteiger partial charge in [-0.05, 0) is 96.3 Å². The standard InChI is InChI=1S/C62H106O6/c1-4-7-10-13-16-19-22-25-27-29-30-31-32-33-35-37-40-43-46-49-52-55-61(64)67-58-59(57-66-60(63)54-51-48-45-42-39-36-24-21-18-15-12-9-6-3)68-62(65)56-53-50-47-44-41-38-34-28-26-23-20-17-14-11-8-5-2/h7,10,16,19,25,27-28,30-31,33-35,40,43,59H,4-6,8-9,11-15,17-18,20-24,26,29,32,36-39,41-42,44-58H2,1-3H3/b10-7-,19-16-,27-25-,31-30-,34-28-,35-33-,43-40-. The van der Waals surface area contributed by atoms with Gasteiger partial charge in [-0.1, -0.05) is 241 Å². The van der Waals surface area contributed by atoms with Crippen LogP contribution in [0.5, 0.6) is 0 Å². The Morgan fingerprint density at radius 3 is 0.941 bits per heavy atom. The van der Waals surface area contributed by atoms with Crippen molar-refractivity contribution in [3.63, 3.8) is 0 Å². The van der Waals surface area contributed by atoms with Gasteiger partial charge in [0.25, 0.3) is 0 Å². The molecule has 6 nitrogen and oxygen atoms in total. The van der Waals surface area contributed by atoms with Gasteiger partial charge in [0.1, 0.15) is 13.2 Å². The van der Waals surface area contributed by atoms with E-state index in [4.69, 9.17) is 14.2 Å². The smallest absolute Gasteiger partial charge is 0.306 e. The minimum Gasteiger partial charge on any atom is -0.462 e. The van der Waals surface area contributed by atoms with Crippen LogP contribution in [0.15, 0.2) is 85.1 Å². The monoisotopic (exact) mass is 947 g/mol. The van der Waals surface area contributed by atoms with Gasteiger partial charge in [-0.25, -0.2) is 0 Å². The molecule has 0 N–H and O–H groups in total. The lowest BCUT2D eigenvalue weighted by Crippen LogP contribution is -2.30. The fraction of sp³-hybridized carbons (Fsp3) is 0.726. The number of hydrogen-bond acceptors (Lipinski definition) is 6. The molecule has 1 atom stereocenters. The van der Waals surface area contributed by atoms with Crippen LogP contribution in [0.3, 0.4) is 0 Å². The molecular formula is C62H106O6. The van der Waals surface area contributed by atoms with Gasteiger partial charge in [0, 0.05) is 19.3 Å². The molecule has 0 aromatic heterocycles. The van der Waals surface area contributed by atoms with E-state index in [2.05, 4.69) is 106 Å². The van der Waals surface area contributed by atoms with Crippen LogP contribution < -0.4 is 0 Å². The average Bonchev–Trinajstić information content (AvgIpc) is 3.34. The molecule has 0 radical (unpaired) electrons. The Balaban J connectivity index is 4.45. The fourth-order valence-corrected chi connectivity index (χ4v) is 7.85. The highest BCUT2D eigenvalue weighted by Gasteiger charge is 2.19. The molecule has 0 aliphatic heterocycles. The van der Waals surface area contributed by atoms with Crippen molar-refractivity contribution in [3.8, 4) is 0 Å². The van der Waals surface area contributed by atoms with Crippen LogP contribution in [0, 0.1) is 0 Å². The first kappa shape index (κ1) is 64.6. The highest BCUT2D eigenvalue weighted by atomic mass is 16.6. The molecule has 0 amide bonds. The minimum absolute atomic E-state index is 0.0918. The maximum absolute atomic E-state index is 12.8. The van der Waals surface area contributed by atoms with Gasteiger partial charge in [0.2, 0.25) is 0 Å². The molecule has 0 aliphatic carbocycles. The van der Waals surface area contributed by atoms with E-state index in [0.717, 1.165) is 109 Å². The molecule has 0 saturated heterocycles. The molecule has 0 aliphatic rings. The lowest BCUT2D eigenvalue weighted by Gasteiger charge is -2.18. The summed E-state index contributed by atoms with van der Waals surface area (Å²) >= 11 is 0. The summed E-state index contributed by atoms with van der Waals surface area (Å²) in [7, 11) is 0. The third-order valence-corrected chi connectivity index (χ3v) is 12.1. The van der Waals surface area contributed by atoms with Gasteiger partial charge in [-0.15, -0.1) is 0 Å². The van der Waals surface area contributed by atoms with Gasteiger partial charge in [-0.2, -0.15) is 0 Å². The number of hydrogen-bond donors (Lipinski definition) is 0. The van der Waals surface area contributed by atoms with Crippen LogP contribution >= 0.6 is 0 Å². The highest BCUT2D eigenvalue weighted by Crippen LogP contribution is 2.15. The number of carbonyl (C=O) groups excluding carboxylic acids is 3. The van der Waals surface area contributed by atoms with E-state index in [1.165, 1.54) is 122 Å². The molecule has 0 spiro atoms. The molecule has 68 heavy (non-hydrogen) atoms. The Bertz CT molecular complexity index is 1320. The van der Waals surface area contributed by atoms with Crippen LogP contribution in [0.4, 0.5) is 0 Å². The topological polar surface area (TPSA) is 78.9 Å². The first-order valence-electron chi connectivity index (χ1n) is 28.6. The average molecular weight is 948 g/mol. The molecular weight excluding hydrogens is 841 g/mol. The van der Waals surface area contributed by atoms with Gasteiger partial charge in [0.15, 0.2) is 6.10 Å². The maximum Gasteiger partial charge on any atom is 0.306 e. The first-order valence-corrected chi connectivity index (χ1v) is 28.6. The molecule has 390 valence electrons. The quantitative estimate of drug-likeness (QED) is 0.0262. The van der Waals surface area contributed by atoms with Crippen molar-refractivity contribution in [2.75, 3.05) is 13.2 Å². The SMILES string of the molecule is CC/C=C\C/C=C\C/C=C\C/C=C\C/C=C\C/C=C\CCCCC(=O)OCC(COC(=O)CCCCCCCCCCCCCCC)OC(=O)CCCCCCC/C=C\CCCCCCCCC. The van der Waals surface area contributed by atoms with Crippen molar-refractivity contribution in [3.05, 3.63) is 85.1 Å². The molecule has 0 aromatic rings. The van der Waals surface area contributed by atoms with Gasteiger partial charge < -0.3 is 14.2 Å². The highest BCUT2D eigenvalue weighted by molar-refractivity contribution is 5.71.